The number of hydrogen-bond acceptors (Lipinski definition) is 4. The highest BCUT2D eigenvalue weighted by Crippen LogP contribution is 2.19. The Kier molecular flexibility index (Phi) is 2.18. The number of imide groups is 1. The zero-order valence-electron chi connectivity index (χ0n) is 7.80. The van der Waals surface area contributed by atoms with Crippen molar-refractivity contribution in [2.75, 3.05) is 4.90 Å². The minimum Gasteiger partial charge on any atom is -0.274 e. The van der Waals surface area contributed by atoms with E-state index in [1.165, 1.54) is 18.3 Å². The second kappa shape index (κ2) is 3.50. The number of amides is 2. The van der Waals surface area contributed by atoms with Gasteiger partial charge in [-0.05, 0) is 12.1 Å². The van der Waals surface area contributed by atoms with Crippen LogP contribution < -0.4 is 4.90 Å². The van der Waals surface area contributed by atoms with Crippen LogP contribution in [-0.2, 0) is 9.59 Å². The first kappa shape index (κ1) is 9.34. The third-order valence-corrected chi connectivity index (χ3v) is 2.16. The zero-order valence-corrected chi connectivity index (χ0v) is 7.80. The molecule has 1 aromatic rings. The Morgan fingerprint density at radius 2 is 1.93 bits per heavy atom. The molecular formula is C10H7N3O2. The van der Waals surface area contributed by atoms with Gasteiger partial charge >= 0.3 is 0 Å². The van der Waals surface area contributed by atoms with Crippen LogP contribution >= 0.6 is 0 Å². The number of pyridine rings is 1. The van der Waals surface area contributed by atoms with E-state index in [2.05, 4.69) is 4.98 Å². The Bertz CT molecular complexity index is 443. The van der Waals surface area contributed by atoms with Crippen molar-refractivity contribution in [2.45, 2.75) is 12.8 Å². The fraction of sp³-hybridized carbons (Fsp3) is 0.200. The predicted octanol–water partition coefficient (Wildman–Crippen LogP) is 0.607. The van der Waals surface area contributed by atoms with Crippen LogP contribution in [0.15, 0.2) is 18.3 Å². The summed E-state index contributed by atoms with van der Waals surface area (Å²) in [7, 11) is 0. The number of carbonyl (C=O) groups excluding carboxylic acids is 2. The second-order valence-electron chi connectivity index (χ2n) is 3.14. The highest BCUT2D eigenvalue weighted by atomic mass is 16.2. The van der Waals surface area contributed by atoms with Crippen molar-refractivity contribution in [3.05, 3.63) is 23.9 Å². The first-order valence-corrected chi connectivity index (χ1v) is 4.44. The molecule has 5 heteroatoms. The number of nitrogens with zero attached hydrogens (tertiary/aromatic N) is 3. The molecule has 1 fully saturated rings. The van der Waals surface area contributed by atoms with Crippen molar-refractivity contribution in [3.63, 3.8) is 0 Å². The Balaban J connectivity index is 2.34. The normalized spacial score (nSPS) is 15.5. The van der Waals surface area contributed by atoms with Crippen LogP contribution in [0.2, 0.25) is 0 Å². The van der Waals surface area contributed by atoms with Gasteiger partial charge < -0.3 is 0 Å². The highest BCUT2D eigenvalue weighted by Gasteiger charge is 2.30. The summed E-state index contributed by atoms with van der Waals surface area (Å²) in [6, 6.07) is 4.94. The van der Waals surface area contributed by atoms with Gasteiger partial charge in [0, 0.05) is 19.0 Å². The van der Waals surface area contributed by atoms with E-state index in [0.717, 1.165) is 4.90 Å². The molecule has 0 aliphatic carbocycles. The van der Waals surface area contributed by atoms with Crippen molar-refractivity contribution in [1.29, 1.82) is 5.26 Å². The predicted molar refractivity (Wildman–Crippen MR) is 50.7 cm³/mol. The van der Waals surface area contributed by atoms with Gasteiger partial charge in [-0.3, -0.25) is 9.59 Å². The van der Waals surface area contributed by atoms with Gasteiger partial charge in [0.15, 0.2) is 0 Å². The molecule has 5 nitrogen and oxygen atoms in total. The Morgan fingerprint density at radius 1 is 1.27 bits per heavy atom. The van der Waals surface area contributed by atoms with Crippen LogP contribution in [0.5, 0.6) is 0 Å². The molecule has 1 aliphatic rings. The molecule has 0 radical (unpaired) electrons. The lowest BCUT2D eigenvalue weighted by Crippen LogP contribution is -2.29. The minimum atomic E-state index is -0.239. The van der Waals surface area contributed by atoms with Crippen molar-refractivity contribution in [2.24, 2.45) is 0 Å². The van der Waals surface area contributed by atoms with E-state index in [4.69, 9.17) is 5.26 Å². The third kappa shape index (κ3) is 1.57. The molecular weight excluding hydrogens is 194 g/mol. The molecule has 2 rings (SSSR count). The summed E-state index contributed by atoms with van der Waals surface area (Å²) in [6.07, 6.45) is 1.81. The van der Waals surface area contributed by atoms with Gasteiger partial charge in [-0.1, -0.05) is 0 Å². The molecule has 0 bridgehead atoms. The van der Waals surface area contributed by atoms with E-state index >= 15 is 0 Å². The molecule has 1 saturated heterocycles. The molecule has 1 aliphatic heterocycles. The average molecular weight is 201 g/mol. The summed E-state index contributed by atoms with van der Waals surface area (Å²) in [5, 5.41) is 8.56. The fourth-order valence-electron chi connectivity index (χ4n) is 1.42. The molecule has 0 saturated carbocycles. The Hall–Kier alpha value is -2.22. The highest BCUT2D eigenvalue weighted by molar-refractivity contribution is 6.19. The smallest absolute Gasteiger partial charge is 0.235 e. The topological polar surface area (TPSA) is 74.1 Å². The molecule has 2 amide bonds. The standard InChI is InChI=1S/C10H7N3O2/c11-5-7-1-2-8(12-6-7)13-9(14)3-4-10(13)15/h1-2,6H,3-4H2. The van der Waals surface area contributed by atoms with Crippen molar-refractivity contribution in [1.82, 2.24) is 4.98 Å². The maximum Gasteiger partial charge on any atom is 0.235 e. The van der Waals surface area contributed by atoms with E-state index in [9.17, 15) is 9.59 Å². The molecule has 0 atom stereocenters. The largest absolute Gasteiger partial charge is 0.274 e. The number of nitriles is 1. The number of hydrogen-bond donors (Lipinski definition) is 0. The van der Waals surface area contributed by atoms with Gasteiger partial charge in [0.2, 0.25) is 11.8 Å². The summed E-state index contributed by atoms with van der Waals surface area (Å²) < 4.78 is 0. The van der Waals surface area contributed by atoms with Crippen molar-refractivity contribution in [3.8, 4) is 6.07 Å². The SMILES string of the molecule is N#Cc1ccc(N2C(=O)CCC2=O)nc1. The molecule has 0 N–H and O–H groups in total. The number of aromatic nitrogens is 1. The molecule has 0 aromatic carbocycles. The number of anilines is 1. The Morgan fingerprint density at radius 3 is 2.40 bits per heavy atom. The molecule has 15 heavy (non-hydrogen) atoms. The monoisotopic (exact) mass is 201 g/mol. The lowest BCUT2D eigenvalue weighted by molar-refractivity contribution is -0.121. The third-order valence-electron chi connectivity index (χ3n) is 2.16. The number of carbonyl (C=O) groups is 2. The first-order chi connectivity index (χ1) is 7.22. The maximum atomic E-state index is 11.3. The summed E-state index contributed by atoms with van der Waals surface area (Å²) in [4.78, 5) is 27.6. The fourth-order valence-corrected chi connectivity index (χ4v) is 1.42. The van der Waals surface area contributed by atoms with Gasteiger partial charge in [-0.25, -0.2) is 9.88 Å². The molecule has 0 spiro atoms. The minimum absolute atomic E-state index is 0.237. The molecule has 0 unspecified atom stereocenters. The molecule has 1 aromatic heterocycles. The van der Waals surface area contributed by atoms with Crippen molar-refractivity contribution >= 4 is 17.6 Å². The summed E-state index contributed by atoms with van der Waals surface area (Å²) in [6.45, 7) is 0. The Labute approximate surface area is 85.9 Å². The lowest BCUT2D eigenvalue weighted by atomic mass is 10.3. The lowest BCUT2D eigenvalue weighted by Gasteiger charge is -2.11. The van der Waals surface area contributed by atoms with Gasteiger partial charge in [0.05, 0.1) is 5.56 Å². The summed E-state index contributed by atoms with van der Waals surface area (Å²) in [5.74, 6) is -0.184. The van der Waals surface area contributed by atoms with Crippen LogP contribution in [0.3, 0.4) is 0 Å². The van der Waals surface area contributed by atoms with Crippen molar-refractivity contribution < 1.29 is 9.59 Å². The average Bonchev–Trinajstić information content (AvgIpc) is 2.59. The van der Waals surface area contributed by atoms with E-state index in [1.807, 2.05) is 6.07 Å². The van der Waals surface area contributed by atoms with Crippen LogP contribution in [-0.4, -0.2) is 16.8 Å². The second-order valence-corrected chi connectivity index (χ2v) is 3.14. The molecule has 2 heterocycles. The maximum absolute atomic E-state index is 11.3. The van der Waals surface area contributed by atoms with Crippen LogP contribution in [0, 0.1) is 11.3 Å². The van der Waals surface area contributed by atoms with Gasteiger partial charge in [0.1, 0.15) is 11.9 Å². The van der Waals surface area contributed by atoms with Gasteiger partial charge in [0.25, 0.3) is 0 Å². The van der Waals surface area contributed by atoms with E-state index in [1.54, 1.807) is 0 Å². The quantitative estimate of drug-likeness (QED) is 0.624. The van der Waals surface area contributed by atoms with E-state index in [0.29, 0.717) is 11.4 Å². The summed E-state index contributed by atoms with van der Waals surface area (Å²) >= 11 is 0. The zero-order chi connectivity index (χ0) is 10.8. The van der Waals surface area contributed by atoms with Crippen LogP contribution in [0.4, 0.5) is 5.82 Å². The van der Waals surface area contributed by atoms with E-state index in [-0.39, 0.29) is 24.7 Å². The van der Waals surface area contributed by atoms with E-state index < -0.39 is 0 Å². The first-order valence-electron chi connectivity index (χ1n) is 4.44. The van der Waals surface area contributed by atoms with Gasteiger partial charge in [-0.2, -0.15) is 5.26 Å². The van der Waals surface area contributed by atoms with Gasteiger partial charge in [-0.15, -0.1) is 0 Å². The van der Waals surface area contributed by atoms with Crippen LogP contribution in [0.1, 0.15) is 18.4 Å². The molecule has 74 valence electrons. The van der Waals surface area contributed by atoms with Crippen LogP contribution in [0.25, 0.3) is 0 Å². The number of rotatable bonds is 1. The summed E-state index contributed by atoms with van der Waals surface area (Å²) in [5.41, 5.74) is 0.401.